The molecule has 6 heteroatoms. The summed E-state index contributed by atoms with van der Waals surface area (Å²) in [5.74, 6) is 1.27. The smallest absolute Gasteiger partial charge is 0.235 e. The second-order valence-electron chi connectivity index (χ2n) is 5.30. The Morgan fingerprint density at radius 2 is 2.00 bits per heavy atom. The van der Waals surface area contributed by atoms with Gasteiger partial charge in [-0.05, 0) is 38.1 Å². The monoisotopic (exact) mass is 285 g/mol. The van der Waals surface area contributed by atoms with Crippen LogP contribution in [-0.4, -0.2) is 33.9 Å². The topological polar surface area (TPSA) is 70.2 Å². The molecule has 0 aliphatic carbocycles. The molecule has 1 aliphatic rings. The molecule has 0 unspecified atom stereocenters. The highest BCUT2D eigenvalue weighted by molar-refractivity contribution is 5.89. The fourth-order valence-electron chi connectivity index (χ4n) is 2.58. The average molecular weight is 285 g/mol. The number of hydrogen-bond acceptors (Lipinski definition) is 5. The van der Waals surface area contributed by atoms with Gasteiger partial charge in [-0.3, -0.25) is 20.5 Å². The maximum atomic E-state index is 11.1. The molecule has 6 nitrogen and oxygen atoms in total. The Morgan fingerprint density at radius 3 is 2.76 bits per heavy atom. The number of carbonyl (C=O) groups is 1. The zero-order valence-corrected chi connectivity index (χ0v) is 12.1. The molecule has 0 atom stereocenters. The number of nitrogens with zero attached hydrogens (tertiary/aromatic N) is 3. The van der Waals surface area contributed by atoms with E-state index >= 15 is 0 Å². The summed E-state index contributed by atoms with van der Waals surface area (Å²) in [6.45, 7) is 4.41. The van der Waals surface area contributed by atoms with E-state index in [4.69, 9.17) is 0 Å². The van der Waals surface area contributed by atoms with E-state index in [0.29, 0.717) is 5.82 Å². The first-order valence-corrected chi connectivity index (χ1v) is 7.23. The molecule has 1 aromatic heterocycles. The minimum absolute atomic E-state index is 0.154. The standard InChI is InChI=1S/C15H19N5O/c1-11(21)18-19-15-12-6-2-3-7-13(12)16-14(17-15)10-20-8-4-5-9-20/h2-3,6-7H,4-5,8-10H2,1H3,(H,18,21)(H,16,17,19). The zero-order chi connectivity index (χ0) is 14.7. The largest absolute Gasteiger partial charge is 0.296 e. The number of anilines is 1. The van der Waals surface area contributed by atoms with Gasteiger partial charge in [-0.25, -0.2) is 9.97 Å². The van der Waals surface area contributed by atoms with Gasteiger partial charge in [-0.15, -0.1) is 0 Å². The van der Waals surface area contributed by atoms with Crippen molar-refractivity contribution in [2.24, 2.45) is 0 Å². The molecule has 0 radical (unpaired) electrons. The Hall–Kier alpha value is -2.21. The maximum Gasteiger partial charge on any atom is 0.235 e. The van der Waals surface area contributed by atoms with Gasteiger partial charge < -0.3 is 0 Å². The van der Waals surface area contributed by atoms with E-state index in [2.05, 4.69) is 25.7 Å². The third-order valence-corrected chi connectivity index (χ3v) is 3.57. The van der Waals surface area contributed by atoms with Crippen molar-refractivity contribution in [3.05, 3.63) is 30.1 Å². The summed E-state index contributed by atoms with van der Waals surface area (Å²) in [7, 11) is 0. The molecule has 1 aliphatic heterocycles. The number of likely N-dealkylation sites (tertiary alicyclic amines) is 1. The second kappa shape index (κ2) is 6.05. The van der Waals surface area contributed by atoms with Crippen molar-refractivity contribution in [1.82, 2.24) is 20.3 Å². The SMILES string of the molecule is CC(=O)NNc1nc(CN2CCCC2)nc2ccccc12. The molecule has 110 valence electrons. The second-order valence-corrected chi connectivity index (χ2v) is 5.30. The number of aromatic nitrogens is 2. The Balaban J connectivity index is 1.91. The third kappa shape index (κ3) is 3.28. The van der Waals surface area contributed by atoms with Gasteiger partial charge in [-0.1, -0.05) is 12.1 Å². The quantitative estimate of drug-likeness (QED) is 0.837. The van der Waals surface area contributed by atoms with E-state index in [-0.39, 0.29) is 5.91 Å². The number of carbonyl (C=O) groups excluding carboxylic acids is 1. The normalized spacial score (nSPS) is 15.3. The summed E-state index contributed by atoms with van der Waals surface area (Å²) in [4.78, 5) is 22.6. The number of benzene rings is 1. The van der Waals surface area contributed by atoms with Crippen LogP contribution in [0.25, 0.3) is 10.9 Å². The fraction of sp³-hybridized carbons (Fsp3) is 0.400. The number of hydrazine groups is 1. The predicted molar refractivity (Wildman–Crippen MR) is 81.5 cm³/mol. The van der Waals surface area contributed by atoms with Crippen molar-refractivity contribution < 1.29 is 4.79 Å². The molecule has 0 saturated carbocycles. The number of fused-ring (bicyclic) bond motifs is 1. The lowest BCUT2D eigenvalue weighted by Gasteiger charge is -2.15. The van der Waals surface area contributed by atoms with Gasteiger partial charge in [0, 0.05) is 12.3 Å². The van der Waals surface area contributed by atoms with Crippen molar-refractivity contribution in [2.45, 2.75) is 26.3 Å². The summed E-state index contributed by atoms with van der Waals surface area (Å²) >= 11 is 0. The van der Waals surface area contributed by atoms with Crippen LogP contribution in [0.4, 0.5) is 5.82 Å². The highest BCUT2D eigenvalue weighted by Crippen LogP contribution is 2.20. The molecule has 21 heavy (non-hydrogen) atoms. The highest BCUT2D eigenvalue weighted by Gasteiger charge is 2.15. The van der Waals surface area contributed by atoms with Crippen LogP contribution in [0, 0.1) is 0 Å². The van der Waals surface area contributed by atoms with Crippen molar-refractivity contribution in [1.29, 1.82) is 0 Å². The molecule has 2 heterocycles. The van der Waals surface area contributed by atoms with E-state index < -0.39 is 0 Å². The zero-order valence-electron chi connectivity index (χ0n) is 12.1. The lowest BCUT2D eigenvalue weighted by atomic mass is 10.2. The number of amides is 1. The first-order chi connectivity index (χ1) is 10.2. The third-order valence-electron chi connectivity index (χ3n) is 3.57. The van der Waals surface area contributed by atoms with Crippen molar-refractivity contribution in [3.63, 3.8) is 0 Å². The van der Waals surface area contributed by atoms with E-state index in [9.17, 15) is 4.79 Å². The molecular weight excluding hydrogens is 266 g/mol. The average Bonchev–Trinajstić information content (AvgIpc) is 2.97. The summed E-state index contributed by atoms with van der Waals surface area (Å²) in [6, 6.07) is 7.80. The van der Waals surface area contributed by atoms with Crippen molar-refractivity contribution in [2.75, 3.05) is 18.5 Å². The molecule has 0 bridgehead atoms. The molecular formula is C15H19N5O. The minimum atomic E-state index is -0.154. The van der Waals surface area contributed by atoms with Crippen molar-refractivity contribution >= 4 is 22.6 Å². The van der Waals surface area contributed by atoms with Gasteiger partial charge in [-0.2, -0.15) is 0 Å². The van der Waals surface area contributed by atoms with Gasteiger partial charge in [0.2, 0.25) is 5.91 Å². The Morgan fingerprint density at radius 1 is 1.24 bits per heavy atom. The lowest BCUT2D eigenvalue weighted by molar-refractivity contribution is -0.118. The van der Waals surface area contributed by atoms with Crippen LogP contribution in [0.1, 0.15) is 25.6 Å². The van der Waals surface area contributed by atoms with Crippen LogP contribution in [0.5, 0.6) is 0 Å². The molecule has 0 spiro atoms. The first kappa shape index (κ1) is 13.8. The van der Waals surface area contributed by atoms with Crippen LogP contribution < -0.4 is 10.9 Å². The Bertz CT molecular complexity index is 652. The molecule has 3 rings (SSSR count). The summed E-state index contributed by atoms with van der Waals surface area (Å²) in [5.41, 5.74) is 6.35. The van der Waals surface area contributed by atoms with Gasteiger partial charge >= 0.3 is 0 Å². The Labute approximate surface area is 123 Å². The van der Waals surface area contributed by atoms with Gasteiger partial charge in [0.15, 0.2) is 5.82 Å². The number of hydrogen-bond donors (Lipinski definition) is 2. The highest BCUT2D eigenvalue weighted by atomic mass is 16.2. The number of para-hydroxylation sites is 1. The Kier molecular flexibility index (Phi) is 3.96. The van der Waals surface area contributed by atoms with E-state index in [0.717, 1.165) is 36.4 Å². The maximum absolute atomic E-state index is 11.1. The van der Waals surface area contributed by atoms with Gasteiger partial charge in [0.05, 0.1) is 12.1 Å². The molecule has 1 aromatic carbocycles. The fourth-order valence-corrected chi connectivity index (χ4v) is 2.58. The van der Waals surface area contributed by atoms with Crippen molar-refractivity contribution in [3.8, 4) is 0 Å². The van der Waals surface area contributed by atoms with E-state index in [1.54, 1.807) is 0 Å². The predicted octanol–water partition coefficient (Wildman–Crippen LogP) is 1.69. The van der Waals surface area contributed by atoms with E-state index in [1.807, 2.05) is 24.3 Å². The van der Waals surface area contributed by atoms with Crippen LogP contribution in [0.3, 0.4) is 0 Å². The summed E-state index contributed by atoms with van der Waals surface area (Å²) in [6.07, 6.45) is 2.48. The van der Waals surface area contributed by atoms with Crippen LogP contribution >= 0.6 is 0 Å². The van der Waals surface area contributed by atoms with Crippen LogP contribution in [0.15, 0.2) is 24.3 Å². The summed E-state index contributed by atoms with van der Waals surface area (Å²) < 4.78 is 0. The van der Waals surface area contributed by atoms with Gasteiger partial charge in [0.25, 0.3) is 0 Å². The number of rotatable bonds is 4. The molecule has 2 aromatic rings. The summed E-state index contributed by atoms with van der Waals surface area (Å²) in [5, 5.41) is 0.899. The van der Waals surface area contributed by atoms with Crippen LogP contribution in [0.2, 0.25) is 0 Å². The molecule has 1 saturated heterocycles. The van der Waals surface area contributed by atoms with E-state index in [1.165, 1.54) is 19.8 Å². The first-order valence-electron chi connectivity index (χ1n) is 7.23. The lowest BCUT2D eigenvalue weighted by Crippen LogP contribution is -2.28. The van der Waals surface area contributed by atoms with Crippen LogP contribution in [-0.2, 0) is 11.3 Å². The van der Waals surface area contributed by atoms with Gasteiger partial charge in [0.1, 0.15) is 5.82 Å². The molecule has 1 fully saturated rings. The molecule has 2 N–H and O–H groups in total. The minimum Gasteiger partial charge on any atom is -0.296 e. The molecule has 1 amide bonds. The number of nitrogens with one attached hydrogen (secondary N) is 2.